The fourth-order valence-corrected chi connectivity index (χ4v) is 1.81. The molecule has 13 heteroatoms. The molecule has 1 N–H and O–H groups in total. The fraction of sp³-hybridized carbons (Fsp3) is 0.200. The van der Waals surface area contributed by atoms with Crippen LogP contribution in [0.3, 0.4) is 0 Å². The van der Waals surface area contributed by atoms with Crippen molar-refractivity contribution in [3.05, 3.63) is 47.7 Å². The summed E-state index contributed by atoms with van der Waals surface area (Å²) in [6.45, 7) is -1.64. The van der Waals surface area contributed by atoms with Gasteiger partial charge in [0.1, 0.15) is 0 Å². The summed E-state index contributed by atoms with van der Waals surface area (Å²) in [5.74, 6) is -1.15. The standard InChI is InChI=1S/C8H8O2.C7H6F2N4O4S/c1-10-8(9)7-5-3-2-4-6-7;1-3-2-4(17-5(8)9)11-6(10-3)12-7(14)13-18(15)16/h2-6H,1H3;2,5H,1H3,(H,10,11,12,14). The second-order valence-electron chi connectivity index (χ2n) is 4.65. The molecule has 28 heavy (non-hydrogen) atoms. The number of benzene rings is 1. The predicted octanol–water partition coefficient (Wildman–Crippen LogP) is 2.45. The van der Waals surface area contributed by atoms with Gasteiger partial charge in [-0.1, -0.05) is 22.6 Å². The number of hydrogen-bond donors (Lipinski definition) is 1. The number of aromatic nitrogens is 2. The molecule has 0 radical (unpaired) electrons. The van der Waals surface area contributed by atoms with Crippen molar-refractivity contribution in [1.29, 1.82) is 0 Å². The number of amides is 2. The van der Waals surface area contributed by atoms with Gasteiger partial charge in [-0.3, -0.25) is 5.32 Å². The van der Waals surface area contributed by atoms with Crippen LogP contribution in [-0.4, -0.2) is 44.1 Å². The Hall–Kier alpha value is -3.48. The first-order valence-corrected chi connectivity index (χ1v) is 8.30. The number of hydrogen-bond acceptors (Lipinski definition) is 8. The number of alkyl halides is 2. The summed E-state index contributed by atoms with van der Waals surface area (Å²) in [4.78, 5) is 28.8. The number of ether oxygens (including phenoxy) is 2. The Labute approximate surface area is 159 Å². The number of aryl methyl sites for hydroxylation is 1. The number of nitrogens with one attached hydrogen (secondary N) is 1. The lowest BCUT2D eigenvalue weighted by Gasteiger charge is -2.06. The molecule has 0 atom stereocenters. The third-order valence-electron chi connectivity index (χ3n) is 2.61. The summed E-state index contributed by atoms with van der Waals surface area (Å²) in [6, 6.07) is 8.74. The van der Waals surface area contributed by atoms with E-state index in [1.807, 2.05) is 11.4 Å². The number of esters is 1. The highest BCUT2D eigenvalue weighted by Crippen LogP contribution is 2.14. The smallest absolute Gasteiger partial charge is 0.388 e. The zero-order valence-corrected chi connectivity index (χ0v) is 15.3. The highest BCUT2D eigenvalue weighted by molar-refractivity contribution is 7.62. The molecule has 0 saturated heterocycles. The first-order valence-electron chi connectivity index (χ1n) is 7.27. The second-order valence-corrected chi connectivity index (χ2v) is 5.26. The van der Waals surface area contributed by atoms with Crippen LogP contribution in [0.5, 0.6) is 5.88 Å². The minimum atomic E-state index is -3.08. The van der Waals surface area contributed by atoms with E-state index in [9.17, 15) is 26.8 Å². The molecule has 1 aromatic heterocycles. The Balaban J connectivity index is 0.000000330. The molecule has 0 aliphatic carbocycles. The SMILES string of the molecule is COC(=O)c1ccccc1.Cc1cc(OC(F)F)nc(NC(=O)N=S(=O)=O)n1. The van der Waals surface area contributed by atoms with Crippen LogP contribution in [0.1, 0.15) is 16.1 Å². The van der Waals surface area contributed by atoms with Crippen molar-refractivity contribution in [2.45, 2.75) is 13.5 Å². The van der Waals surface area contributed by atoms with Gasteiger partial charge < -0.3 is 9.47 Å². The first kappa shape index (κ1) is 22.6. The van der Waals surface area contributed by atoms with Gasteiger partial charge in [-0.2, -0.15) is 22.2 Å². The maximum absolute atomic E-state index is 11.9. The number of urea groups is 1. The average Bonchev–Trinajstić information content (AvgIpc) is 2.60. The molecule has 0 bridgehead atoms. The summed E-state index contributed by atoms with van der Waals surface area (Å²) >= 11 is 0. The number of halogens is 2. The van der Waals surface area contributed by atoms with Crippen molar-refractivity contribution in [1.82, 2.24) is 9.97 Å². The van der Waals surface area contributed by atoms with E-state index in [1.54, 1.807) is 24.3 Å². The molecule has 150 valence electrons. The quantitative estimate of drug-likeness (QED) is 0.751. The zero-order valence-electron chi connectivity index (χ0n) is 14.5. The number of carbonyl (C=O) groups excluding carboxylic acids is 2. The molecular weight excluding hydrogens is 402 g/mol. The van der Waals surface area contributed by atoms with Crippen molar-refractivity contribution >= 4 is 28.4 Å². The molecule has 2 aromatic rings. The first-order chi connectivity index (χ1) is 13.2. The molecule has 1 aromatic carbocycles. The van der Waals surface area contributed by atoms with Crippen LogP contribution in [-0.2, 0) is 15.2 Å². The highest BCUT2D eigenvalue weighted by Gasteiger charge is 2.10. The number of anilines is 1. The van der Waals surface area contributed by atoms with Gasteiger partial charge in [-0.25, -0.2) is 14.6 Å². The van der Waals surface area contributed by atoms with E-state index < -0.39 is 35.0 Å². The maximum atomic E-state index is 11.9. The van der Waals surface area contributed by atoms with Crippen molar-refractivity contribution in [3.8, 4) is 5.88 Å². The Bertz CT molecular complexity index is 946. The highest BCUT2D eigenvalue weighted by atomic mass is 32.2. The molecule has 1 heterocycles. The predicted molar refractivity (Wildman–Crippen MR) is 91.5 cm³/mol. The van der Waals surface area contributed by atoms with Crippen molar-refractivity contribution in [3.63, 3.8) is 0 Å². The summed E-state index contributed by atoms with van der Waals surface area (Å²) in [6.07, 6.45) is 0. The van der Waals surface area contributed by atoms with Crippen molar-refractivity contribution in [2.24, 2.45) is 4.36 Å². The summed E-state index contributed by atoms with van der Waals surface area (Å²) < 4.78 is 55.2. The number of rotatable bonds is 4. The van der Waals surface area contributed by atoms with Gasteiger partial charge in [0.05, 0.1) is 12.7 Å². The van der Waals surface area contributed by atoms with Crippen molar-refractivity contribution in [2.75, 3.05) is 12.4 Å². The average molecular weight is 416 g/mol. The summed E-state index contributed by atoms with van der Waals surface area (Å²) in [5, 5.41) is 1.88. The van der Waals surface area contributed by atoms with Crippen LogP contribution in [0.15, 0.2) is 40.8 Å². The van der Waals surface area contributed by atoms with E-state index in [1.165, 1.54) is 14.0 Å². The number of nitrogens with zero attached hydrogens (tertiary/aromatic N) is 3. The molecule has 0 saturated carbocycles. The lowest BCUT2D eigenvalue weighted by molar-refractivity contribution is -0.0528. The number of methoxy groups -OCH3 is 1. The largest absolute Gasteiger partial charge is 0.465 e. The van der Waals surface area contributed by atoms with Crippen LogP contribution in [0.25, 0.3) is 0 Å². The normalized spacial score (nSPS) is 9.61. The minimum absolute atomic E-state index is 0.235. The molecule has 2 rings (SSSR count). The van der Waals surface area contributed by atoms with Crippen LogP contribution in [0, 0.1) is 6.92 Å². The fourth-order valence-electron chi connectivity index (χ4n) is 1.63. The molecule has 10 nitrogen and oxygen atoms in total. The molecule has 0 aliphatic rings. The lowest BCUT2D eigenvalue weighted by Crippen LogP contribution is -2.11. The number of carbonyl (C=O) groups is 2. The van der Waals surface area contributed by atoms with Gasteiger partial charge in [0.2, 0.25) is 11.8 Å². The Morgan fingerprint density at radius 1 is 1.18 bits per heavy atom. The van der Waals surface area contributed by atoms with Gasteiger partial charge in [-0.15, -0.1) is 0 Å². The van der Waals surface area contributed by atoms with Gasteiger partial charge in [0, 0.05) is 11.8 Å². The Morgan fingerprint density at radius 2 is 1.82 bits per heavy atom. The molecule has 2 amide bonds. The van der Waals surface area contributed by atoms with Gasteiger partial charge in [0.15, 0.2) is 0 Å². The molecule has 0 aliphatic heterocycles. The second kappa shape index (κ2) is 11.3. The summed E-state index contributed by atoms with van der Waals surface area (Å²) in [7, 11) is -1.56. The van der Waals surface area contributed by atoms with Crippen LogP contribution in [0.4, 0.5) is 19.5 Å². The van der Waals surface area contributed by atoms with E-state index in [4.69, 9.17) is 0 Å². The van der Waals surface area contributed by atoms with Crippen LogP contribution < -0.4 is 10.1 Å². The van der Waals surface area contributed by atoms with E-state index >= 15 is 0 Å². The minimum Gasteiger partial charge on any atom is -0.465 e. The van der Waals surface area contributed by atoms with E-state index in [0.29, 0.717) is 5.56 Å². The Kier molecular flexibility index (Phi) is 9.09. The third-order valence-corrected chi connectivity index (χ3v) is 2.93. The van der Waals surface area contributed by atoms with E-state index in [0.717, 1.165) is 6.07 Å². The lowest BCUT2D eigenvalue weighted by atomic mass is 10.2. The molecule has 0 fully saturated rings. The van der Waals surface area contributed by atoms with Crippen molar-refractivity contribution < 1.29 is 36.3 Å². The zero-order chi connectivity index (χ0) is 21.1. The summed E-state index contributed by atoms with van der Waals surface area (Å²) in [5.41, 5.74) is 0.823. The van der Waals surface area contributed by atoms with Gasteiger partial charge >= 0.3 is 29.1 Å². The monoisotopic (exact) mass is 416 g/mol. The molecule has 0 spiro atoms. The van der Waals surface area contributed by atoms with Crippen LogP contribution >= 0.6 is 0 Å². The van der Waals surface area contributed by atoms with Gasteiger partial charge in [-0.05, 0) is 19.1 Å². The van der Waals surface area contributed by atoms with E-state index in [2.05, 4.69) is 23.8 Å². The topological polar surface area (TPSA) is 137 Å². The Morgan fingerprint density at radius 3 is 2.36 bits per heavy atom. The van der Waals surface area contributed by atoms with Crippen LogP contribution in [0.2, 0.25) is 0 Å². The molecular formula is C15H14F2N4O6S. The van der Waals surface area contributed by atoms with E-state index in [-0.39, 0.29) is 11.7 Å². The van der Waals surface area contributed by atoms with Gasteiger partial charge in [0.25, 0.3) is 0 Å². The molecule has 0 unspecified atom stereocenters. The maximum Gasteiger partial charge on any atom is 0.388 e. The third kappa shape index (κ3) is 8.75.